The Morgan fingerprint density at radius 1 is 0.966 bits per heavy atom. The van der Waals surface area contributed by atoms with Crippen molar-refractivity contribution in [2.45, 2.75) is 57.7 Å². The second-order valence-electron chi connectivity index (χ2n) is 9.32. The minimum atomic E-state index is -0.0382. The number of hydrogen-bond donors (Lipinski definition) is 3. The van der Waals surface area contributed by atoms with Gasteiger partial charge in [-0.25, -0.2) is 0 Å². The van der Waals surface area contributed by atoms with E-state index in [9.17, 15) is 4.79 Å². The van der Waals surface area contributed by atoms with Gasteiger partial charge in [0.2, 0.25) is 0 Å². The molecule has 0 spiro atoms. The second kappa shape index (κ2) is 7.23. The third kappa shape index (κ3) is 4.62. The van der Waals surface area contributed by atoms with Crippen LogP contribution < -0.4 is 15.4 Å². The molecule has 0 radical (unpaired) electrons. The van der Waals surface area contributed by atoms with Crippen molar-refractivity contribution in [1.29, 1.82) is 0 Å². The van der Waals surface area contributed by atoms with Crippen LogP contribution in [-0.4, -0.2) is 28.0 Å². The number of hydrogen-bond acceptors (Lipinski definition) is 3. The Morgan fingerprint density at radius 3 is 2.31 bits per heavy atom. The van der Waals surface area contributed by atoms with Crippen LogP contribution in [0.1, 0.15) is 50.9 Å². The lowest BCUT2D eigenvalue weighted by atomic mass is 9.79. The van der Waals surface area contributed by atoms with Crippen molar-refractivity contribution < 1.29 is 9.53 Å². The van der Waals surface area contributed by atoms with Crippen molar-refractivity contribution in [3.8, 4) is 11.5 Å². The van der Waals surface area contributed by atoms with Gasteiger partial charge in [-0.05, 0) is 89.1 Å². The summed E-state index contributed by atoms with van der Waals surface area (Å²) >= 11 is 0. The van der Waals surface area contributed by atoms with E-state index in [4.69, 9.17) is 4.74 Å². The van der Waals surface area contributed by atoms with Gasteiger partial charge >= 0.3 is 0 Å². The van der Waals surface area contributed by atoms with Crippen LogP contribution in [0.3, 0.4) is 0 Å². The highest BCUT2D eigenvalue weighted by Crippen LogP contribution is 2.29. The first-order valence-corrected chi connectivity index (χ1v) is 10.1. The van der Waals surface area contributed by atoms with Crippen molar-refractivity contribution in [3.05, 3.63) is 60.3 Å². The van der Waals surface area contributed by atoms with Crippen molar-refractivity contribution in [1.82, 2.24) is 15.6 Å². The van der Waals surface area contributed by atoms with E-state index >= 15 is 0 Å². The van der Waals surface area contributed by atoms with Gasteiger partial charge in [-0.2, -0.15) is 0 Å². The molecule has 4 rings (SSSR count). The number of benzene rings is 2. The molecule has 1 amide bonds. The molecule has 29 heavy (non-hydrogen) atoms. The topological polar surface area (TPSA) is 66.1 Å². The van der Waals surface area contributed by atoms with E-state index in [0.717, 1.165) is 29.5 Å². The summed E-state index contributed by atoms with van der Waals surface area (Å²) in [6.07, 6.45) is 3.72. The minimum absolute atomic E-state index is 0.00202. The molecular weight excluding hydrogens is 362 g/mol. The van der Waals surface area contributed by atoms with Crippen molar-refractivity contribution in [2.75, 3.05) is 0 Å². The summed E-state index contributed by atoms with van der Waals surface area (Å²) in [4.78, 5) is 15.9. The zero-order valence-corrected chi connectivity index (χ0v) is 17.5. The molecule has 1 aromatic heterocycles. The standard InChI is InChI=1S/C24H29N3O2/c1-23(2)14-18(15-24(3,4)27-23)26-22(28)16-5-7-19(8-6-16)29-20-9-10-21-17(13-20)11-12-25-21/h5-13,18,25,27H,14-15H2,1-4H3,(H,26,28). The van der Waals surface area contributed by atoms with Gasteiger partial charge in [-0.15, -0.1) is 0 Å². The van der Waals surface area contributed by atoms with E-state index in [-0.39, 0.29) is 23.0 Å². The largest absolute Gasteiger partial charge is 0.457 e. The number of carbonyl (C=O) groups excluding carboxylic acids is 1. The van der Waals surface area contributed by atoms with Crippen LogP contribution in [0.2, 0.25) is 0 Å². The average molecular weight is 392 g/mol. The van der Waals surface area contributed by atoms with E-state index < -0.39 is 0 Å². The lowest BCUT2D eigenvalue weighted by Gasteiger charge is -2.46. The fourth-order valence-electron chi connectivity index (χ4n) is 4.60. The van der Waals surface area contributed by atoms with Gasteiger partial charge in [0.05, 0.1) is 0 Å². The number of aromatic amines is 1. The van der Waals surface area contributed by atoms with Crippen molar-refractivity contribution in [2.24, 2.45) is 0 Å². The highest BCUT2D eigenvalue weighted by molar-refractivity contribution is 5.94. The average Bonchev–Trinajstić information content (AvgIpc) is 3.07. The SMILES string of the molecule is CC1(C)CC(NC(=O)c2ccc(Oc3ccc4[nH]ccc4c3)cc2)CC(C)(C)N1. The number of fused-ring (bicyclic) bond motifs is 1. The number of carbonyl (C=O) groups is 1. The maximum Gasteiger partial charge on any atom is 0.251 e. The first-order chi connectivity index (χ1) is 13.7. The molecule has 2 aromatic carbocycles. The highest BCUT2D eigenvalue weighted by atomic mass is 16.5. The molecule has 0 saturated carbocycles. The Kier molecular flexibility index (Phi) is 4.87. The molecule has 5 heteroatoms. The summed E-state index contributed by atoms with van der Waals surface area (Å²) in [5.41, 5.74) is 1.72. The quantitative estimate of drug-likeness (QED) is 0.586. The van der Waals surface area contributed by atoms with Crippen LogP contribution in [0, 0.1) is 0 Å². The van der Waals surface area contributed by atoms with E-state index in [2.05, 4.69) is 43.3 Å². The number of aromatic nitrogens is 1. The molecule has 1 fully saturated rings. The van der Waals surface area contributed by atoms with E-state index in [1.54, 1.807) is 0 Å². The molecule has 2 heterocycles. The summed E-state index contributed by atoms with van der Waals surface area (Å²) in [5, 5.41) is 7.96. The smallest absolute Gasteiger partial charge is 0.251 e. The molecule has 1 aliphatic rings. The molecular formula is C24H29N3O2. The number of amides is 1. The van der Waals surface area contributed by atoms with Gasteiger partial charge in [0, 0.05) is 39.8 Å². The molecule has 3 N–H and O–H groups in total. The zero-order chi connectivity index (χ0) is 20.6. The van der Waals surface area contributed by atoms with Gasteiger partial charge in [0.25, 0.3) is 5.91 Å². The third-order valence-electron chi connectivity index (χ3n) is 5.40. The van der Waals surface area contributed by atoms with Gasteiger partial charge in [-0.1, -0.05) is 0 Å². The van der Waals surface area contributed by atoms with Crippen LogP contribution in [0.4, 0.5) is 0 Å². The lowest BCUT2D eigenvalue weighted by molar-refractivity contribution is 0.0873. The van der Waals surface area contributed by atoms with E-state index in [1.807, 2.05) is 54.7 Å². The molecule has 152 valence electrons. The van der Waals surface area contributed by atoms with E-state index in [0.29, 0.717) is 11.3 Å². The molecule has 0 unspecified atom stereocenters. The lowest BCUT2D eigenvalue weighted by Crippen LogP contribution is -2.62. The summed E-state index contributed by atoms with van der Waals surface area (Å²) in [6.45, 7) is 8.74. The third-order valence-corrected chi connectivity index (χ3v) is 5.40. The summed E-state index contributed by atoms with van der Waals surface area (Å²) in [5.74, 6) is 1.44. The maximum atomic E-state index is 12.7. The molecule has 5 nitrogen and oxygen atoms in total. The fraction of sp³-hybridized carbons (Fsp3) is 0.375. The molecule has 1 saturated heterocycles. The fourth-order valence-corrected chi connectivity index (χ4v) is 4.60. The van der Waals surface area contributed by atoms with Crippen molar-refractivity contribution in [3.63, 3.8) is 0 Å². The first-order valence-electron chi connectivity index (χ1n) is 10.1. The van der Waals surface area contributed by atoms with E-state index in [1.165, 1.54) is 0 Å². The van der Waals surface area contributed by atoms with Crippen LogP contribution in [0.5, 0.6) is 11.5 Å². The first kappa shape index (κ1) is 19.5. The predicted octanol–water partition coefficient (Wildman–Crippen LogP) is 5.00. The summed E-state index contributed by atoms with van der Waals surface area (Å²) in [6, 6.07) is 15.4. The van der Waals surface area contributed by atoms with Gasteiger partial charge in [-0.3, -0.25) is 4.79 Å². The zero-order valence-electron chi connectivity index (χ0n) is 17.5. The molecule has 3 aromatic rings. The monoisotopic (exact) mass is 391 g/mol. The number of ether oxygens (including phenoxy) is 1. The Bertz CT molecular complexity index is 1000. The van der Waals surface area contributed by atoms with Crippen LogP contribution >= 0.6 is 0 Å². The van der Waals surface area contributed by atoms with Crippen molar-refractivity contribution >= 4 is 16.8 Å². The Labute approximate surface area is 171 Å². The molecule has 0 aliphatic carbocycles. The predicted molar refractivity (Wildman–Crippen MR) is 117 cm³/mol. The minimum Gasteiger partial charge on any atom is -0.457 e. The molecule has 1 aliphatic heterocycles. The number of H-pyrrole nitrogens is 1. The van der Waals surface area contributed by atoms with Crippen LogP contribution in [-0.2, 0) is 0 Å². The summed E-state index contributed by atoms with van der Waals surface area (Å²) < 4.78 is 5.94. The Hall–Kier alpha value is -2.79. The Balaban J connectivity index is 1.41. The normalized spacial score (nSPS) is 18.5. The van der Waals surface area contributed by atoms with Gasteiger partial charge < -0.3 is 20.4 Å². The van der Waals surface area contributed by atoms with Crippen LogP contribution in [0.25, 0.3) is 10.9 Å². The molecule has 0 atom stereocenters. The van der Waals surface area contributed by atoms with Gasteiger partial charge in [0.15, 0.2) is 0 Å². The summed E-state index contributed by atoms with van der Waals surface area (Å²) in [7, 11) is 0. The number of nitrogens with one attached hydrogen (secondary N) is 3. The highest BCUT2D eigenvalue weighted by Gasteiger charge is 2.38. The number of rotatable bonds is 4. The maximum absolute atomic E-state index is 12.7. The molecule has 0 bridgehead atoms. The Morgan fingerprint density at radius 2 is 1.62 bits per heavy atom. The van der Waals surface area contributed by atoms with Crippen LogP contribution in [0.15, 0.2) is 54.7 Å². The van der Waals surface area contributed by atoms with Gasteiger partial charge in [0.1, 0.15) is 11.5 Å². The number of piperidine rings is 1. The second-order valence-corrected chi connectivity index (χ2v) is 9.32.